The number of amides is 1. The zero-order chi connectivity index (χ0) is 23.2. The fourth-order valence-corrected chi connectivity index (χ4v) is 4.55. The van der Waals surface area contributed by atoms with E-state index in [1.807, 2.05) is 55.5 Å². The molecule has 3 aromatic rings. The van der Waals surface area contributed by atoms with Crippen LogP contribution in [0, 0.1) is 0 Å². The molecule has 0 N–H and O–H groups in total. The van der Waals surface area contributed by atoms with Gasteiger partial charge in [-0.25, -0.2) is 0 Å². The quantitative estimate of drug-likeness (QED) is 0.314. The van der Waals surface area contributed by atoms with Gasteiger partial charge in [-0.05, 0) is 31.5 Å². The standard InChI is InChI=1S/C25H28N4O3S/c1-4-6-9-15-33-25-26-23-22(27-28-25)20-13-7-8-14-21(20)29(17(3)30)24(32-23)18-11-10-12-19(16-18)31-5-2/h7-8,10-14,16,24H,4-6,9,15H2,1-3H3. The highest BCUT2D eigenvalue weighted by Gasteiger charge is 2.34. The molecule has 1 unspecified atom stereocenters. The molecule has 0 aliphatic carbocycles. The van der Waals surface area contributed by atoms with Gasteiger partial charge in [0.15, 0.2) is 5.69 Å². The molecule has 1 atom stereocenters. The normalized spacial score (nSPS) is 14.6. The number of para-hydroxylation sites is 1. The maximum absolute atomic E-state index is 12.9. The van der Waals surface area contributed by atoms with E-state index in [0.29, 0.717) is 34.8 Å². The van der Waals surface area contributed by atoms with E-state index in [0.717, 1.165) is 29.7 Å². The number of anilines is 1. The Morgan fingerprint density at radius 1 is 1.12 bits per heavy atom. The van der Waals surface area contributed by atoms with Crippen molar-refractivity contribution in [3.63, 3.8) is 0 Å². The van der Waals surface area contributed by atoms with Crippen molar-refractivity contribution in [1.29, 1.82) is 0 Å². The Bertz CT molecular complexity index is 1120. The Morgan fingerprint density at radius 3 is 2.76 bits per heavy atom. The van der Waals surface area contributed by atoms with Crippen LogP contribution in [0.4, 0.5) is 5.69 Å². The molecule has 0 saturated carbocycles. The number of aromatic nitrogens is 3. The fraction of sp³-hybridized carbons (Fsp3) is 0.360. The number of carbonyl (C=O) groups excluding carboxylic acids is 1. The largest absolute Gasteiger partial charge is 0.494 e. The Balaban J connectivity index is 1.79. The predicted octanol–water partition coefficient (Wildman–Crippen LogP) is 5.66. The molecular formula is C25H28N4O3S. The molecule has 172 valence electrons. The van der Waals surface area contributed by atoms with Crippen LogP contribution in [0.5, 0.6) is 11.6 Å². The van der Waals surface area contributed by atoms with Crippen LogP contribution in [0.1, 0.15) is 51.8 Å². The van der Waals surface area contributed by atoms with E-state index >= 15 is 0 Å². The molecule has 2 aromatic carbocycles. The maximum Gasteiger partial charge on any atom is 0.247 e. The zero-order valence-electron chi connectivity index (χ0n) is 19.2. The van der Waals surface area contributed by atoms with Gasteiger partial charge in [-0.1, -0.05) is 61.9 Å². The highest BCUT2D eigenvalue weighted by Crippen LogP contribution is 2.43. The van der Waals surface area contributed by atoms with Crippen molar-refractivity contribution in [2.45, 2.75) is 51.4 Å². The van der Waals surface area contributed by atoms with Crippen LogP contribution in [0.15, 0.2) is 53.7 Å². The van der Waals surface area contributed by atoms with Gasteiger partial charge >= 0.3 is 0 Å². The highest BCUT2D eigenvalue weighted by atomic mass is 32.2. The summed E-state index contributed by atoms with van der Waals surface area (Å²) in [5.41, 5.74) is 2.77. The number of unbranched alkanes of at least 4 members (excludes halogenated alkanes) is 2. The van der Waals surface area contributed by atoms with Gasteiger partial charge in [0.25, 0.3) is 0 Å². The van der Waals surface area contributed by atoms with E-state index in [1.54, 1.807) is 16.7 Å². The molecule has 1 amide bonds. The third-order valence-corrected chi connectivity index (χ3v) is 6.21. The van der Waals surface area contributed by atoms with Crippen LogP contribution in [-0.4, -0.2) is 33.4 Å². The van der Waals surface area contributed by atoms with Crippen LogP contribution in [0.25, 0.3) is 11.3 Å². The second-order valence-electron chi connectivity index (χ2n) is 7.69. The smallest absolute Gasteiger partial charge is 0.247 e. The fourth-order valence-electron chi connectivity index (χ4n) is 3.77. The van der Waals surface area contributed by atoms with Crippen molar-refractivity contribution >= 4 is 23.4 Å². The van der Waals surface area contributed by atoms with Crippen LogP contribution >= 0.6 is 11.8 Å². The van der Waals surface area contributed by atoms with Crippen molar-refractivity contribution in [3.05, 3.63) is 54.1 Å². The second-order valence-corrected chi connectivity index (χ2v) is 8.75. The number of carbonyl (C=O) groups is 1. The van der Waals surface area contributed by atoms with Gasteiger partial charge in [-0.15, -0.1) is 10.2 Å². The number of hydrogen-bond acceptors (Lipinski definition) is 7. The molecule has 2 heterocycles. The van der Waals surface area contributed by atoms with Gasteiger partial charge in [0.1, 0.15) is 5.75 Å². The highest BCUT2D eigenvalue weighted by molar-refractivity contribution is 7.99. The van der Waals surface area contributed by atoms with Gasteiger partial charge in [0, 0.05) is 23.8 Å². The van der Waals surface area contributed by atoms with Gasteiger partial charge in [0.05, 0.1) is 12.3 Å². The lowest BCUT2D eigenvalue weighted by molar-refractivity contribution is -0.118. The van der Waals surface area contributed by atoms with E-state index in [-0.39, 0.29) is 5.91 Å². The summed E-state index contributed by atoms with van der Waals surface area (Å²) in [5, 5.41) is 9.37. The first kappa shape index (κ1) is 23.0. The Kier molecular flexibility index (Phi) is 7.44. The first-order valence-corrected chi connectivity index (χ1v) is 12.3. The molecule has 1 aromatic heterocycles. The monoisotopic (exact) mass is 464 g/mol. The molecule has 33 heavy (non-hydrogen) atoms. The number of hydrogen-bond donors (Lipinski definition) is 0. The van der Waals surface area contributed by atoms with E-state index in [4.69, 9.17) is 14.5 Å². The van der Waals surface area contributed by atoms with Crippen molar-refractivity contribution in [2.24, 2.45) is 0 Å². The third kappa shape index (κ3) is 5.11. The molecular weight excluding hydrogens is 436 g/mol. The minimum Gasteiger partial charge on any atom is -0.494 e. The molecule has 0 saturated heterocycles. The topological polar surface area (TPSA) is 77.4 Å². The van der Waals surface area contributed by atoms with Crippen molar-refractivity contribution in [1.82, 2.24) is 15.2 Å². The average Bonchev–Trinajstić information content (AvgIpc) is 2.97. The zero-order valence-corrected chi connectivity index (χ0v) is 20.0. The third-order valence-electron chi connectivity index (χ3n) is 5.28. The number of nitrogens with zero attached hydrogens (tertiary/aromatic N) is 4. The van der Waals surface area contributed by atoms with Crippen molar-refractivity contribution in [2.75, 3.05) is 17.3 Å². The van der Waals surface area contributed by atoms with E-state index in [1.165, 1.54) is 13.3 Å². The molecule has 1 aliphatic heterocycles. The van der Waals surface area contributed by atoms with E-state index < -0.39 is 6.23 Å². The molecule has 0 fully saturated rings. The molecule has 8 heteroatoms. The Hall–Kier alpha value is -3.13. The van der Waals surface area contributed by atoms with Gasteiger partial charge in [-0.2, -0.15) is 4.98 Å². The molecule has 7 nitrogen and oxygen atoms in total. The average molecular weight is 465 g/mol. The van der Waals surface area contributed by atoms with Crippen LogP contribution in [0.3, 0.4) is 0 Å². The number of benzene rings is 2. The number of thioether (sulfide) groups is 1. The summed E-state index contributed by atoms with van der Waals surface area (Å²) in [6.07, 6.45) is 2.70. The predicted molar refractivity (Wildman–Crippen MR) is 130 cm³/mol. The molecule has 0 bridgehead atoms. The van der Waals surface area contributed by atoms with Crippen molar-refractivity contribution < 1.29 is 14.3 Å². The first-order valence-electron chi connectivity index (χ1n) is 11.3. The lowest BCUT2D eigenvalue weighted by Crippen LogP contribution is -2.36. The summed E-state index contributed by atoms with van der Waals surface area (Å²) < 4.78 is 12.1. The SMILES string of the molecule is CCCCCSc1nnc2c(n1)OC(c1cccc(OCC)c1)N(C(C)=O)c1ccccc1-2. The lowest BCUT2D eigenvalue weighted by Gasteiger charge is -2.30. The van der Waals surface area contributed by atoms with E-state index in [9.17, 15) is 4.79 Å². The van der Waals surface area contributed by atoms with Gasteiger partial charge in [0.2, 0.25) is 23.2 Å². The minimum absolute atomic E-state index is 0.149. The number of fused-ring (bicyclic) bond motifs is 3. The van der Waals surface area contributed by atoms with Gasteiger partial charge < -0.3 is 9.47 Å². The van der Waals surface area contributed by atoms with Crippen LogP contribution in [0.2, 0.25) is 0 Å². The van der Waals surface area contributed by atoms with Crippen molar-refractivity contribution in [3.8, 4) is 22.9 Å². The number of ether oxygens (including phenoxy) is 2. The number of rotatable bonds is 8. The van der Waals surface area contributed by atoms with Crippen LogP contribution in [-0.2, 0) is 4.79 Å². The van der Waals surface area contributed by atoms with E-state index in [2.05, 4.69) is 17.1 Å². The second kappa shape index (κ2) is 10.7. The Labute approximate surface area is 198 Å². The van der Waals surface area contributed by atoms with Gasteiger partial charge in [-0.3, -0.25) is 9.69 Å². The molecule has 0 spiro atoms. The summed E-state index contributed by atoms with van der Waals surface area (Å²) in [4.78, 5) is 19.2. The summed E-state index contributed by atoms with van der Waals surface area (Å²) in [7, 11) is 0. The Morgan fingerprint density at radius 2 is 1.97 bits per heavy atom. The summed E-state index contributed by atoms with van der Waals surface area (Å²) >= 11 is 1.57. The summed E-state index contributed by atoms with van der Waals surface area (Å²) in [6.45, 7) is 6.19. The summed E-state index contributed by atoms with van der Waals surface area (Å²) in [6, 6.07) is 15.2. The molecule has 1 aliphatic rings. The van der Waals surface area contributed by atoms with Crippen LogP contribution < -0.4 is 14.4 Å². The summed E-state index contributed by atoms with van der Waals surface area (Å²) in [5.74, 6) is 1.85. The first-order chi connectivity index (χ1) is 16.1. The minimum atomic E-state index is -0.722. The lowest BCUT2D eigenvalue weighted by atomic mass is 10.1. The maximum atomic E-state index is 12.9. The molecule has 4 rings (SSSR count). The molecule has 0 radical (unpaired) electrons.